The Morgan fingerprint density at radius 3 is 2.28 bits per heavy atom. The summed E-state index contributed by atoms with van der Waals surface area (Å²) in [6.45, 7) is 7.97. The van der Waals surface area contributed by atoms with Crippen LogP contribution in [-0.2, 0) is 4.79 Å². The van der Waals surface area contributed by atoms with E-state index in [-0.39, 0.29) is 16.9 Å². The second-order valence-electron chi connectivity index (χ2n) is 6.69. The summed E-state index contributed by atoms with van der Waals surface area (Å²) in [4.78, 5) is 16.7. The fraction of sp³-hybridized carbons (Fsp3) is 0.867. The lowest BCUT2D eigenvalue weighted by Gasteiger charge is -2.33. The van der Waals surface area contributed by atoms with Gasteiger partial charge in [0.25, 0.3) is 0 Å². The SMILES string of the molecule is CC(C)=NC(C)(C)CC(=O)CC1(N)CCCCC1. The molecule has 104 valence electrons. The number of hydrogen-bond donors (Lipinski definition) is 1. The van der Waals surface area contributed by atoms with E-state index in [9.17, 15) is 4.79 Å². The van der Waals surface area contributed by atoms with Crippen LogP contribution in [-0.4, -0.2) is 22.6 Å². The molecule has 0 unspecified atom stereocenters. The maximum atomic E-state index is 12.2. The molecule has 0 radical (unpaired) electrons. The van der Waals surface area contributed by atoms with E-state index in [0.717, 1.165) is 18.6 Å². The van der Waals surface area contributed by atoms with Gasteiger partial charge >= 0.3 is 0 Å². The van der Waals surface area contributed by atoms with Gasteiger partial charge in [0, 0.05) is 24.1 Å². The molecular weight excluding hydrogens is 224 g/mol. The van der Waals surface area contributed by atoms with Crippen LogP contribution in [0.1, 0.15) is 72.6 Å². The third-order valence-corrected chi connectivity index (χ3v) is 3.55. The van der Waals surface area contributed by atoms with Crippen LogP contribution in [0.4, 0.5) is 0 Å². The van der Waals surface area contributed by atoms with Crippen LogP contribution in [0.5, 0.6) is 0 Å². The molecule has 1 aliphatic rings. The normalized spacial score (nSPS) is 19.4. The summed E-state index contributed by atoms with van der Waals surface area (Å²) in [5, 5.41) is 0. The van der Waals surface area contributed by atoms with Gasteiger partial charge in [0.15, 0.2) is 0 Å². The van der Waals surface area contributed by atoms with Crippen LogP contribution < -0.4 is 5.73 Å². The quantitative estimate of drug-likeness (QED) is 0.764. The molecule has 0 saturated heterocycles. The van der Waals surface area contributed by atoms with Crippen LogP contribution in [0.15, 0.2) is 4.99 Å². The fourth-order valence-corrected chi connectivity index (χ4v) is 3.02. The first-order valence-electron chi connectivity index (χ1n) is 7.06. The van der Waals surface area contributed by atoms with Crippen LogP contribution in [0, 0.1) is 0 Å². The molecular formula is C15H28N2O. The predicted octanol–water partition coefficient (Wildman–Crippen LogP) is 3.26. The molecule has 0 bridgehead atoms. The Labute approximate surface area is 111 Å². The summed E-state index contributed by atoms with van der Waals surface area (Å²) in [6.07, 6.45) is 6.60. The number of Topliss-reactive ketones (excluding diaryl/α,β-unsaturated/α-hetero) is 1. The van der Waals surface area contributed by atoms with E-state index < -0.39 is 0 Å². The van der Waals surface area contributed by atoms with E-state index >= 15 is 0 Å². The summed E-state index contributed by atoms with van der Waals surface area (Å²) in [5.41, 5.74) is 6.81. The molecule has 3 nitrogen and oxygen atoms in total. The smallest absolute Gasteiger partial charge is 0.137 e. The number of ketones is 1. The molecule has 0 amide bonds. The van der Waals surface area contributed by atoms with Crippen molar-refractivity contribution in [2.45, 2.75) is 83.7 Å². The Bertz CT molecular complexity index is 321. The van der Waals surface area contributed by atoms with Crippen molar-refractivity contribution in [1.82, 2.24) is 0 Å². The summed E-state index contributed by atoms with van der Waals surface area (Å²) in [7, 11) is 0. The maximum Gasteiger partial charge on any atom is 0.137 e. The number of nitrogens with zero attached hydrogens (tertiary/aromatic N) is 1. The number of rotatable bonds is 5. The molecule has 18 heavy (non-hydrogen) atoms. The zero-order valence-electron chi connectivity index (χ0n) is 12.4. The molecule has 0 spiro atoms. The van der Waals surface area contributed by atoms with Crippen LogP contribution >= 0.6 is 0 Å². The lowest BCUT2D eigenvalue weighted by molar-refractivity contribution is -0.121. The van der Waals surface area contributed by atoms with Crippen LogP contribution in [0.25, 0.3) is 0 Å². The third kappa shape index (κ3) is 5.30. The Hall–Kier alpha value is -0.700. The number of hydrogen-bond acceptors (Lipinski definition) is 3. The van der Waals surface area contributed by atoms with Gasteiger partial charge in [-0.1, -0.05) is 19.3 Å². The van der Waals surface area contributed by atoms with Crippen molar-refractivity contribution in [2.24, 2.45) is 10.7 Å². The lowest BCUT2D eigenvalue weighted by Crippen LogP contribution is -2.44. The molecule has 1 rings (SSSR count). The average Bonchev–Trinajstić information content (AvgIpc) is 2.13. The first kappa shape index (κ1) is 15.4. The van der Waals surface area contributed by atoms with Gasteiger partial charge in [-0.3, -0.25) is 9.79 Å². The topological polar surface area (TPSA) is 55.5 Å². The highest BCUT2D eigenvalue weighted by molar-refractivity contribution is 5.83. The lowest BCUT2D eigenvalue weighted by atomic mass is 9.78. The van der Waals surface area contributed by atoms with Gasteiger partial charge in [0.2, 0.25) is 0 Å². The monoisotopic (exact) mass is 252 g/mol. The van der Waals surface area contributed by atoms with E-state index in [1.807, 2.05) is 27.7 Å². The minimum Gasteiger partial charge on any atom is -0.325 e. The highest BCUT2D eigenvalue weighted by Crippen LogP contribution is 2.30. The second kappa shape index (κ2) is 5.96. The van der Waals surface area contributed by atoms with E-state index in [1.54, 1.807) is 0 Å². The molecule has 0 atom stereocenters. The Morgan fingerprint density at radius 1 is 1.22 bits per heavy atom. The molecule has 1 fully saturated rings. The minimum absolute atomic E-state index is 0.240. The summed E-state index contributed by atoms with van der Waals surface area (Å²) >= 11 is 0. The van der Waals surface area contributed by atoms with Gasteiger partial charge < -0.3 is 5.73 Å². The molecule has 0 aliphatic heterocycles. The zero-order chi connectivity index (χ0) is 13.8. The molecule has 1 aliphatic carbocycles. The molecule has 0 aromatic heterocycles. The molecule has 1 saturated carbocycles. The maximum absolute atomic E-state index is 12.2. The summed E-state index contributed by atoms with van der Waals surface area (Å²) in [6, 6.07) is 0. The molecule has 0 heterocycles. The molecule has 3 heteroatoms. The van der Waals surface area contributed by atoms with Gasteiger partial charge in [-0.15, -0.1) is 0 Å². The van der Waals surface area contributed by atoms with Crippen LogP contribution in [0.2, 0.25) is 0 Å². The number of aliphatic imine (C=N–C) groups is 1. The standard InChI is InChI=1S/C15H28N2O/c1-12(2)17-14(3,4)10-13(18)11-15(16)8-6-5-7-9-15/h5-11,16H2,1-4H3. The van der Waals surface area contributed by atoms with Crippen LogP contribution in [0.3, 0.4) is 0 Å². The van der Waals surface area contributed by atoms with E-state index in [1.165, 1.54) is 19.3 Å². The second-order valence-corrected chi connectivity index (χ2v) is 6.69. The van der Waals surface area contributed by atoms with Crippen molar-refractivity contribution in [2.75, 3.05) is 0 Å². The first-order valence-corrected chi connectivity index (χ1v) is 7.06. The Kier molecular flexibility index (Phi) is 5.09. The predicted molar refractivity (Wildman–Crippen MR) is 77.1 cm³/mol. The number of carbonyl (C=O) groups is 1. The first-order chi connectivity index (χ1) is 8.22. The molecule has 0 aromatic rings. The Morgan fingerprint density at radius 2 is 1.78 bits per heavy atom. The fourth-order valence-electron chi connectivity index (χ4n) is 3.02. The van der Waals surface area contributed by atoms with Gasteiger partial charge in [-0.05, 0) is 40.5 Å². The Balaban J connectivity index is 2.53. The van der Waals surface area contributed by atoms with Crippen molar-refractivity contribution in [3.63, 3.8) is 0 Å². The van der Waals surface area contributed by atoms with Gasteiger partial charge in [-0.2, -0.15) is 0 Å². The minimum atomic E-state index is -0.291. The van der Waals surface area contributed by atoms with E-state index in [0.29, 0.717) is 12.8 Å². The van der Waals surface area contributed by atoms with Crippen molar-refractivity contribution in [3.8, 4) is 0 Å². The van der Waals surface area contributed by atoms with Crippen molar-refractivity contribution >= 4 is 11.5 Å². The van der Waals surface area contributed by atoms with Crippen molar-refractivity contribution in [1.29, 1.82) is 0 Å². The highest BCUT2D eigenvalue weighted by Gasteiger charge is 2.31. The van der Waals surface area contributed by atoms with Gasteiger partial charge in [-0.25, -0.2) is 0 Å². The number of nitrogens with two attached hydrogens (primary N) is 1. The van der Waals surface area contributed by atoms with Crippen molar-refractivity contribution in [3.05, 3.63) is 0 Å². The largest absolute Gasteiger partial charge is 0.325 e. The summed E-state index contributed by atoms with van der Waals surface area (Å²) < 4.78 is 0. The third-order valence-electron chi connectivity index (χ3n) is 3.55. The molecule has 0 aromatic carbocycles. The van der Waals surface area contributed by atoms with E-state index in [2.05, 4.69) is 4.99 Å². The summed E-state index contributed by atoms with van der Waals surface area (Å²) in [5.74, 6) is 0.259. The van der Waals surface area contributed by atoms with Crippen molar-refractivity contribution < 1.29 is 4.79 Å². The number of carbonyl (C=O) groups excluding carboxylic acids is 1. The van der Waals surface area contributed by atoms with Gasteiger partial charge in [0.05, 0.1) is 5.54 Å². The van der Waals surface area contributed by atoms with E-state index in [4.69, 9.17) is 5.73 Å². The highest BCUT2D eigenvalue weighted by atomic mass is 16.1. The average molecular weight is 252 g/mol. The molecule has 2 N–H and O–H groups in total. The van der Waals surface area contributed by atoms with Gasteiger partial charge in [0.1, 0.15) is 5.78 Å². The zero-order valence-corrected chi connectivity index (χ0v) is 12.4.